The van der Waals surface area contributed by atoms with E-state index >= 15 is 0 Å². The average molecular weight is 302 g/mol. The van der Waals surface area contributed by atoms with Crippen LogP contribution in [0.2, 0.25) is 15.2 Å². The topological polar surface area (TPSA) is 24.9 Å². The van der Waals surface area contributed by atoms with Crippen molar-refractivity contribution < 1.29 is 0 Å². The average Bonchev–Trinajstić information content (AvgIpc) is 2.28. The van der Waals surface area contributed by atoms with Gasteiger partial charge in [0.05, 0.1) is 0 Å². The van der Waals surface area contributed by atoms with Gasteiger partial charge >= 0.3 is 0 Å². The van der Waals surface area contributed by atoms with Crippen LogP contribution >= 0.6 is 34.8 Å². The number of hydrogen-bond acceptors (Lipinski definition) is 2. The number of nitrogens with one attached hydrogen (secondary N) is 1. The first-order valence-corrected chi connectivity index (χ1v) is 6.52. The van der Waals surface area contributed by atoms with Crippen molar-refractivity contribution in [2.75, 3.05) is 5.32 Å². The molecule has 0 saturated heterocycles. The molecule has 0 aliphatic carbocycles. The van der Waals surface area contributed by atoms with E-state index in [2.05, 4.69) is 10.3 Å². The molecule has 0 amide bonds. The fraction of sp³-hybridized carbons (Fsp3) is 0.154. The molecule has 2 nitrogen and oxygen atoms in total. The van der Waals surface area contributed by atoms with Crippen LogP contribution in [-0.2, 0) is 0 Å². The zero-order valence-corrected chi connectivity index (χ0v) is 11.9. The van der Waals surface area contributed by atoms with Gasteiger partial charge in [-0.25, -0.2) is 4.98 Å². The van der Waals surface area contributed by atoms with Crippen molar-refractivity contribution in [2.45, 2.75) is 13.0 Å². The number of rotatable bonds is 3. The van der Waals surface area contributed by atoms with Crippen molar-refractivity contribution >= 4 is 40.5 Å². The summed E-state index contributed by atoms with van der Waals surface area (Å²) in [7, 11) is 0. The molecule has 18 heavy (non-hydrogen) atoms. The number of benzene rings is 1. The minimum Gasteiger partial charge on any atom is -0.378 e. The standard InChI is InChI=1S/C13H11Cl3N2/c1-8(11-3-2-9(14)6-12(11)15)18-10-4-5-17-13(16)7-10/h2-8H,1H3,(H,17,18). The molecule has 0 fully saturated rings. The van der Waals surface area contributed by atoms with Gasteiger partial charge in [0.1, 0.15) is 5.15 Å². The highest BCUT2D eigenvalue weighted by Crippen LogP contribution is 2.28. The van der Waals surface area contributed by atoms with Gasteiger partial charge in [0.2, 0.25) is 0 Å². The highest BCUT2D eigenvalue weighted by atomic mass is 35.5. The van der Waals surface area contributed by atoms with Crippen LogP contribution in [0.1, 0.15) is 18.5 Å². The molecule has 1 unspecified atom stereocenters. The van der Waals surface area contributed by atoms with Gasteiger partial charge in [-0.3, -0.25) is 0 Å². The van der Waals surface area contributed by atoms with E-state index in [0.717, 1.165) is 11.3 Å². The zero-order valence-electron chi connectivity index (χ0n) is 9.62. The Kier molecular flexibility index (Phi) is 4.33. The monoisotopic (exact) mass is 300 g/mol. The maximum absolute atomic E-state index is 6.16. The van der Waals surface area contributed by atoms with E-state index in [1.807, 2.05) is 25.1 Å². The summed E-state index contributed by atoms with van der Waals surface area (Å²) < 4.78 is 0. The zero-order chi connectivity index (χ0) is 13.1. The van der Waals surface area contributed by atoms with Gasteiger partial charge in [0, 0.05) is 28.0 Å². The highest BCUT2D eigenvalue weighted by Gasteiger charge is 2.10. The van der Waals surface area contributed by atoms with E-state index in [4.69, 9.17) is 34.8 Å². The minimum absolute atomic E-state index is 0.0493. The van der Waals surface area contributed by atoms with E-state index in [1.54, 1.807) is 18.3 Å². The summed E-state index contributed by atoms with van der Waals surface area (Å²) >= 11 is 17.9. The molecule has 1 atom stereocenters. The fourth-order valence-corrected chi connectivity index (χ4v) is 2.42. The summed E-state index contributed by atoms with van der Waals surface area (Å²) in [5.74, 6) is 0. The molecule has 2 rings (SSSR count). The third-order valence-corrected chi connectivity index (χ3v) is 3.31. The molecule has 0 aliphatic rings. The Bertz CT molecular complexity index is 558. The Morgan fingerprint density at radius 3 is 2.56 bits per heavy atom. The van der Waals surface area contributed by atoms with Crippen molar-refractivity contribution in [3.8, 4) is 0 Å². The second-order valence-electron chi connectivity index (χ2n) is 3.90. The molecule has 5 heteroatoms. The summed E-state index contributed by atoms with van der Waals surface area (Å²) in [5.41, 5.74) is 1.88. The van der Waals surface area contributed by atoms with Crippen LogP contribution in [0, 0.1) is 0 Å². The maximum atomic E-state index is 6.16. The molecule has 1 heterocycles. The van der Waals surface area contributed by atoms with Crippen LogP contribution in [0.4, 0.5) is 5.69 Å². The first kappa shape index (κ1) is 13.5. The Balaban J connectivity index is 2.19. The van der Waals surface area contributed by atoms with Crippen molar-refractivity contribution in [1.29, 1.82) is 0 Å². The maximum Gasteiger partial charge on any atom is 0.131 e. The van der Waals surface area contributed by atoms with Crippen molar-refractivity contribution in [2.24, 2.45) is 0 Å². The van der Waals surface area contributed by atoms with E-state index in [9.17, 15) is 0 Å². The number of anilines is 1. The first-order valence-electron chi connectivity index (χ1n) is 5.39. The highest BCUT2D eigenvalue weighted by molar-refractivity contribution is 6.35. The Hall–Kier alpha value is -0.960. The number of aromatic nitrogens is 1. The lowest BCUT2D eigenvalue weighted by Crippen LogP contribution is -2.07. The normalized spacial score (nSPS) is 12.2. The van der Waals surface area contributed by atoms with Crippen molar-refractivity contribution in [1.82, 2.24) is 4.98 Å². The van der Waals surface area contributed by atoms with E-state index < -0.39 is 0 Å². The molecule has 0 spiro atoms. The molecule has 1 N–H and O–H groups in total. The van der Waals surface area contributed by atoms with Gasteiger partial charge in [-0.1, -0.05) is 40.9 Å². The third-order valence-electron chi connectivity index (χ3n) is 2.54. The summed E-state index contributed by atoms with van der Waals surface area (Å²) in [6.07, 6.45) is 1.65. The lowest BCUT2D eigenvalue weighted by Gasteiger charge is -2.17. The van der Waals surface area contributed by atoms with Crippen LogP contribution < -0.4 is 5.32 Å². The quantitative estimate of drug-likeness (QED) is 0.787. The second-order valence-corrected chi connectivity index (χ2v) is 5.13. The largest absolute Gasteiger partial charge is 0.378 e. The fourth-order valence-electron chi connectivity index (χ4n) is 1.67. The second kappa shape index (κ2) is 5.79. The number of nitrogens with zero attached hydrogens (tertiary/aromatic N) is 1. The van der Waals surface area contributed by atoms with Crippen molar-refractivity contribution in [3.05, 3.63) is 57.3 Å². The molecule has 0 saturated carbocycles. The molecule has 2 aromatic rings. The van der Waals surface area contributed by atoms with Crippen molar-refractivity contribution in [3.63, 3.8) is 0 Å². The lowest BCUT2D eigenvalue weighted by atomic mass is 10.1. The molecular formula is C13H11Cl3N2. The van der Waals surface area contributed by atoms with Gasteiger partial charge in [0.25, 0.3) is 0 Å². The van der Waals surface area contributed by atoms with E-state index in [1.165, 1.54) is 0 Å². The molecule has 94 valence electrons. The predicted octanol–water partition coefficient (Wildman–Crippen LogP) is 5.21. The third kappa shape index (κ3) is 3.29. The summed E-state index contributed by atoms with van der Waals surface area (Å²) in [6, 6.07) is 9.13. The molecule has 0 aliphatic heterocycles. The molecule has 1 aromatic carbocycles. The summed E-state index contributed by atoms with van der Waals surface area (Å²) in [4.78, 5) is 3.93. The van der Waals surface area contributed by atoms with Crippen LogP contribution in [0.3, 0.4) is 0 Å². The summed E-state index contributed by atoms with van der Waals surface area (Å²) in [5, 5.41) is 5.03. The minimum atomic E-state index is 0.0493. The van der Waals surface area contributed by atoms with Crippen LogP contribution in [-0.4, -0.2) is 4.98 Å². The number of pyridine rings is 1. The van der Waals surface area contributed by atoms with Crippen LogP contribution in [0.5, 0.6) is 0 Å². The van der Waals surface area contributed by atoms with Gasteiger partial charge in [-0.2, -0.15) is 0 Å². The Morgan fingerprint density at radius 2 is 1.89 bits per heavy atom. The first-order chi connectivity index (χ1) is 8.56. The van der Waals surface area contributed by atoms with E-state index in [-0.39, 0.29) is 6.04 Å². The molecule has 0 radical (unpaired) electrons. The number of hydrogen-bond donors (Lipinski definition) is 1. The predicted molar refractivity (Wildman–Crippen MR) is 77.7 cm³/mol. The van der Waals surface area contributed by atoms with Gasteiger partial charge in [0.15, 0.2) is 0 Å². The van der Waals surface area contributed by atoms with E-state index in [0.29, 0.717) is 15.2 Å². The van der Waals surface area contributed by atoms with Gasteiger partial charge in [-0.05, 0) is 36.8 Å². The molecule has 0 bridgehead atoms. The molecule has 1 aromatic heterocycles. The smallest absolute Gasteiger partial charge is 0.131 e. The number of halogens is 3. The van der Waals surface area contributed by atoms with Gasteiger partial charge < -0.3 is 5.32 Å². The molecular weight excluding hydrogens is 291 g/mol. The van der Waals surface area contributed by atoms with Crippen LogP contribution in [0.15, 0.2) is 36.5 Å². The lowest BCUT2D eigenvalue weighted by molar-refractivity contribution is 0.884. The SMILES string of the molecule is CC(Nc1ccnc(Cl)c1)c1ccc(Cl)cc1Cl. The Labute approximate surface area is 121 Å². The summed E-state index contributed by atoms with van der Waals surface area (Å²) in [6.45, 7) is 2.02. The Morgan fingerprint density at radius 1 is 1.11 bits per heavy atom. The van der Waals surface area contributed by atoms with Gasteiger partial charge in [-0.15, -0.1) is 0 Å². The van der Waals surface area contributed by atoms with Crippen LogP contribution in [0.25, 0.3) is 0 Å².